The van der Waals surface area contributed by atoms with Gasteiger partial charge in [0.1, 0.15) is 11.6 Å². The molecule has 1 aliphatic heterocycles. The van der Waals surface area contributed by atoms with E-state index in [9.17, 15) is 18.4 Å². The summed E-state index contributed by atoms with van der Waals surface area (Å²) in [6.45, 7) is 7.84. The Morgan fingerprint density at radius 2 is 1.59 bits per heavy atom. The average Bonchev–Trinajstić information content (AvgIpc) is 2.88. The van der Waals surface area contributed by atoms with E-state index in [0.717, 1.165) is 24.3 Å². The van der Waals surface area contributed by atoms with Gasteiger partial charge in [-0.1, -0.05) is 19.1 Å². The molecule has 2 N–H and O–H groups in total. The number of benzene rings is 2. The minimum atomic E-state index is -0.363. The zero-order valence-corrected chi connectivity index (χ0v) is 22.2. The molecule has 6 nitrogen and oxygen atoms in total. The predicted molar refractivity (Wildman–Crippen MR) is 141 cm³/mol. The SMILES string of the molecule is COC(=O)C(C)C[C@@H](CNC(C)(C)Cc1ccc(F)cc1)NC(=O)C1CCN(c2ccc(F)cc2)CC1. The first-order chi connectivity index (χ1) is 17.6. The Morgan fingerprint density at radius 3 is 2.16 bits per heavy atom. The van der Waals surface area contributed by atoms with Crippen molar-refractivity contribution in [3.63, 3.8) is 0 Å². The topological polar surface area (TPSA) is 70.7 Å². The number of rotatable bonds is 11. The number of amides is 1. The van der Waals surface area contributed by atoms with Crippen LogP contribution in [0.5, 0.6) is 0 Å². The van der Waals surface area contributed by atoms with Crippen LogP contribution in [0.25, 0.3) is 0 Å². The van der Waals surface area contributed by atoms with Crippen molar-refractivity contribution in [1.82, 2.24) is 10.6 Å². The van der Waals surface area contributed by atoms with Gasteiger partial charge in [-0.2, -0.15) is 0 Å². The molecule has 1 heterocycles. The lowest BCUT2D eigenvalue weighted by Gasteiger charge is -2.34. The van der Waals surface area contributed by atoms with Gasteiger partial charge in [0.05, 0.1) is 13.0 Å². The quantitative estimate of drug-likeness (QED) is 0.432. The maximum absolute atomic E-state index is 13.3. The molecule has 0 aliphatic carbocycles. The zero-order valence-electron chi connectivity index (χ0n) is 22.2. The van der Waals surface area contributed by atoms with E-state index in [1.165, 1.54) is 31.4 Å². The number of carbonyl (C=O) groups is 2. The molecule has 2 atom stereocenters. The largest absolute Gasteiger partial charge is 0.469 e. The van der Waals surface area contributed by atoms with Crippen molar-refractivity contribution in [3.8, 4) is 0 Å². The first-order valence-electron chi connectivity index (χ1n) is 12.9. The highest BCUT2D eigenvalue weighted by molar-refractivity contribution is 5.79. The number of hydrogen-bond acceptors (Lipinski definition) is 5. The summed E-state index contributed by atoms with van der Waals surface area (Å²) in [7, 11) is 1.37. The Bertz CT molecular complexity index is 1020. The minimum Gasteiger partial charge on any atom is -0.469 e. The number of nitrogens with one attached hydrogen (secondary N) is 2. The van der Waals surface area contributed by atoms with Crippen LogP contribution in [-0.4, -0.2) is 50.2 Å². The average molecular weight is 516 g/mol. The van der Waals surface area contributed by atoms with Gasteiger partial charge < -0.3 is 20.3 Å². The fraction of sp³-hybridized carbons (Fsp3) is 0.517. The van der Waals surface area contributed by atoms with E-state index in [-0.39, 0.29) is 46.9 Å². The van der Waals surface area contributed by atoms with Crippen LogP contribution in [0.3, 0.4) is 0 Å². The molecule has 1 saturated heterocycles. The van der Waals surface area contributed by atoms with Crippen LogP contribution in [-0.2, 0) is 20.7 Å². The Morgan fingerprint density at radius 1 is 1.03 bits per heavy atom. The third kappa shape index (κ3) is 8.81. The van der Waals surface area contributed by atoms with Crippen molar-refractivity contribution in [1.29, 1.82) is 0 Å². The van der Waals surface area contributed by atoms with Crippen LogP contribution >= 0.6 is 0 Å². The Hall–Kier alpha value is -3.00. The number of hydrogen-bond donors (Lipinski definition) is 2. The van der Waals surface area contributed by atoms with Crippen LogP contribution < -0.4 is 15.5 Å². The molecule has 0 aromatic heterocycles. The number of piperidine rings is 1. The highest BCUT2D eigenvalue weighted by Gasteiger charge is 2.29. The van der Waals surface area contributed by atoms with Crippen molar-refractivity contribution >= 4 is 17.6 Å². The van der Waals surface area contributed by atoms with Crippen molar-refractivity contribution in [2.24, 2.45) is 11.8 Å². The molecule has 0 saturated carbocycles. The van der Waals surface area contributed by atoms with Gasteiger partial charge in [0, 0.05) is 42.8 Å². The highest BCUT2D eigenvalue weighted by atomic mass is 19.1. The lowest BCUT2D eigenvalue weighted by atomic mass is 9.92. The molecule has 0 spiro atoms. The van der Waals surface area contributed by atoms with Crippen LogP contribution in [0.2, 0.25) is 0 Å². The molecule has 0 bridgehead atoms. The molecule has 1 fully saturated rings. The molecule has 0 radical (unpaired) electrons. The minimum absolute atomic E-state index is 0.0148. The van der Waals surface area contributed by atoms with E-state index in [4.69, 9.17) is 4.74 Å². The van der Waals surface area contributed by atoms with E-state index < -0.39 is 0 Å². The molecule has 202 valence electrons. The Labute approximate surface area is 218 Å². The molecule has 37 heavy (non-hydrogen) atoms. The standard InChI is InChI=1S/C29H39F2N3O3/c1-20(28(36)37-4)17-25(19-32-29(2,3)18-21-5-7-23(30)8-6-21)33-27(35)22-13-15-34(16-14-22)26-11-9-24(31)10-12-26/h5-12,20,22,25,32H,13-19H2,1-4H3,(H,33,35)/t20?,25-/m0/s1. The van der Waals surface area contributed by atoms with Crippen molar-refractivity contribution in [2.75, 3.05) is 31.6 Å². The predicted octanol–water partition coefficient (Wildman–Crippen LogP) is 4.48. The first kappa shape index (κ1) is 28.6. The van der Waals surface area contributed by atoms with Crippen LogP contribution in [0.1, 0.15) is 45.6 Å². The summed E-state index contributed by atoms with van der Waals surface area (Å²) in [6.07, 6.45) is 2.53. The summed E-state index contributed by atoms with van der Waals surface area (Å²) >= 11 is 0. The summed E-state index contributed by atoms with van der Waals surface area (Å²) in [6, 6.07) is 12.6. The van der Waals surface area contributed by atoms with Crippen LogP contribution in [0, 0.1) is 23.5 Å². The van der Waals surface area contributed by atoms with Crippen molar-refractivity contribution in [2.45, 2.75) is 58.0 Å². The van der Waals surface area contributed by atoms with Gasteiger partial charge in [-0.15, -0.1) is 0 Å². The van der Waals surface area contributed by atoms with Gasteiger partial charge in [-0.05, 0) is 81.5 Å². The van der Waals surface area contributed by atoms with E-state index in [2.05, 4.69) is 29.4 Å². The molecule has 3 rings (SSSR count). The van der Waals surface area contributed by atoms with Gasteiger partial charge in [0.25, 0.3) is 0 Å². The van der Waals surface area contributed by atoms with Crippen molar-refractivity contribution < 1.29 is 23.1 Å². The summed E-state index contributed by atoms with van der Waals surface area (Å²) < 4.78 is 31.4. The van der Waals surface area contributed by atoms with Crippen LogP contribution in [0.4, 0.5) is 14.5 Å². The Kier molecular flexibility index (Phi) is 10.0. The van der Waals surface area contributed by atoms with E-state index in [1.54, 1.807) is 31.2 Å². The number of anilines is 1. The molecular formula is C29H39F2N3O3. The maximum Gasteiger partial charge on any atom is 0.308 e. The van der Waals surface area contributed by atoms with Crippen LogP contribution in [0.15, 0.2) is 48.5 Å². The summed E-state index contributed by atoms with van der Waals surface area (Å²) in [5.41, 5.74) is 1.66. The van der Waals surface area contributed by atoms with E-state index >= 15 is 0 Å². The number of halogens is 2. The second-order valence-corrected chi connectivity index (χ2v) is 10.7. The molecule has 1 unspecified atom stereocenters. The summed E-state index contributed by atoms with van der Waals surface area (Å²) in [5.74, 6) is -1.34. The third-order valence-corrected chi connectivity index (χ3v) is 7.03. The van der Waals surface area contributed by atoms with Gasteiger partial charge in [0.2, 0.25) is 5.91 Å². The first-order valence-corrected chi connectivity index (χ1v) is 12.9. The smallest absolute Gasteiger partial charge is 0.308 e. The Balaban J connectivity index is 1.58. The van der Waals surface area contributed by atoms with E-state index in [1.807, 2.05) is 0 Å². The highest BCUT2D eigenvalue weighted by Crippen LogP contribution is 2.24. The molecule has 1 amide bonds. The second-order valence-electron chi connectivity index (χ2n) is 10.7. The molecule has 1 aliphatic rings. The maximum atomic E-state index is 13.3. The lowest BCUT2D eigenvalue weighted by Crippen LogP contribution is -2.52. The number of ether oxygens (including phenoxy) is 1. The van der Waals surface area contributed by atoms with Gasteiger partial charge >= 0.3 is 5.97 Å². The normalized spacial score (nSPS) is 16.2. The molecule has 2 aromatic rings. The number of methoxy groups -OCH3 is 1. The summed E-state index contributed by atoms with van der Waals surface area (Å²) in [4.78, 5) is 27.5. The molecule has 8 heteroatoms. The number of nitrogens with zero attached hydrogens (tertiary/aromatic N) is 1. The van der Waals surface area contributed by atoms with Gasteiger partial charge in [0.15, 0.2) is 0 Å². The second kappa shape index (κ2) is 13.0. The molecule has 2 aromatic carbocycles. The van der Waals surface area contributed by atoms with E-state index in [0.29, 0.717) is 32.2 Å². The lowest BCUT2D eigenvalue weighted by molar-refractivity contribution is -0.145. The molecular weight excluding hydrogens is 476 g/mol. The third-order valence-electron chi connectivity index (χ3n) is 7.03. The monoisotopic (exact) mass is 515 g/mol. The van der Waals surface area contributed by atoms with Crippen molar-refractivity contribution in [3.05, 3.63) is 65.7 Å². The fourth-order valence-corrected chi connectivity index (χ4v) is 4.86. The number of carbonyl (C=O) groups excluding carboxylic acids is 2. The number of esters is 1. The van der Waals surface area contributed by atoms with Gasteiger partial charge in [-0.3, -0.25) is 9.59 Å². The van der Waals surface area contributed by atoms with Gasteiger partial charge in [-0.25, -0.2) is 8.78 Å². The fourth-order valence-electron chi connectivity index (χ4n) is 4.86. The zero-order chi connectivity index (χ0) is 27.0. The summed E-state index contributed by atoms with van der Waals surface area (Å²) in [5, 5.41) is 6.70.